The number of carbonyl (C=O) groups is 2. The number of rotatable bonds is 5. The van der Waals surface area contributed by atoms with E-state index in [4.69, 9.17) is 4.74 Å². The van der Waals surface area contributed by atoms with Crippen LogP contribution < -0.4 is 5.32 Å². The molecule has 0 saturated heterocycles. The Morgan fingerprint density at radius 1 is 1.23 bits per heavy atom. The van der Waals surface area contributed by atoms with Crippen molar-refractivity contribution in [3.8, 4) is 0 Å². The van der Waals surface area contributed by atoms with Crippen LogP contribution in [0.1, 0.15) is 39.5 Å². The number of esters is 1. The lowest BCUT2D eigenvalue weighted by Gasteiger charge is -2.13. The van der Waals surface area contributed by atoms with Crippen LogP contribution in [-0.2, 0) is 22.1 Å². The van der Waals surface area contributed by atoms with Crippen molar-refractivity contribution < 1.29 is 27.5 Å². The second kappa shape index (κ2) is 7.90. The van der Waals surface area contributed by atoms with Crippen molar-refractivity contribution in [1.29, 1.82) is 0 Å². The summed E-state index contributed by atoms with van der Waals surface area (Å²) in [5.74, 6) is -1.23. The minimum atomic E-state index is -4.44. The number of anilines is 1. The van der Waals surface area contributed by atoms with Crippen molar-refractivity contribution in [2.24, 2.45) is 0 Å². The Morgan fingerprint density at radius 3 is 2.35 bits per heavy atom. The monoisotopic (exact) mass is 385 g/mol. The van der Waals surface area contributed by atoms with Crippen LogP contribution in [0, 0.1) is 6.92 Å². The third kappa shape index (κ3) is 4.85. The van der Waals surface area contributed by atoms with Crippen molar-refractivity contribution in [1.82, 2.24) is 0 Å². The highest BCUT2D eigenvalue weighted by molar-refractivity contribution is 7.14. The van der Waals surface area contributed by atoms with Crippen molar-refractivity contribution in [2.75, 3.05) is 5.32 Å². The summed E-state index contributed by atoms with van der Waals surface area (Å²) < 4.78 is 42.7. The Morgan fingerprint density at radius 2 is 1.85 bits per heavy atom. The van der Waals surface area contributed by atoms with Gasteiger partial charge in [0.1, 0.15) is 4.88 Å². The fourth-order valence-corrected chi connectivity index (χ4v) is 3.23. The fraction of sp³-hybridized carbons (Fsp3) is 0.333. The lowest BCUT2D eigenvalue weighted by atomic mass is 10.2. The average Bonchev–Trinajstić information content (AvgIpc) is 2.95. The minimum absolute atomic E-state index is 0.186. The summed E-state index contributed by atoms with van der Waals surface area (Å²) in [6, 6.07) is 5.74. The van der Waals surface area contributed by atoms with Gasteiger partial charge in [0.05, 0.1) is 5.56 Å². The zero-order chi connectivity index (χ0) is 19.5. The Bertz CT molecular complexity index is 797. The number of nitrogens with one attached hydrogen (secondary N) is 1. The second-order valence-electron chi connectivity index (χ2n) is 5.68. The second-order valence-corrected chi connectivity index (χ2v) is 6.82. The molecule has 0 spiro atoms. The van der Waals surface area contributed by atoms with Gasteiger partial charge in [-0.2, -0.15) is 13.2 Å². The molecule has 4 nitrogen and oxygen atoms in total. The summed E-state index contributed by atoms with van der Waals surface area (Å²) in [6.45, 7) is 5.28. The summed E-state index contributed by atoms with van der Waals surface area (Å²) in [5.41, 5.74) is 0.368. The van der Waals surface area contributed by atoms with E-state index >= 15 is 0 Å². The molecular formula is C18H18F3NO3S. The van der Waals surface area contributed by atoms with Crippen LogP contribution >= 0.6 is 11.3 Å². The van der Waals surface area contributed by atoms with Gasteiger partial charge in [0.15, 0.2) is 6.10 Å². The highest BCUT2D eigenvalue weighted by Gasteiger charge is 2.30. The first kappa shape index (κ1) is 20.0. The van der Waals surface area contributed by atoms with Gasteiger partial charge < -0.3 is 10.1 Å². The first-order chi connectivity index (χ1) is 12.1. The summed E-state index contributed by atoms with van der Waals surface area (Å²) >= 11 is 1.32. The number of alkyl halides is 3. The zero-order valence-electron chi connectivity index (χ0n) is 14.4. The average molecular weight is 385 g/mol. The predicted molar refractivity (Wildman–Crippen MR) is 93.4 cm³/mol. The Labute approximate surface area is 153 Å². The molecule has 0 aliphatic carbocycles. The smallest absolute Gasteiger partial charge is 0.416 e. The van der Waals surface area contributed by atoms with Crippen LogP contribution in [0.25, 0.3) is 0 Å². The van der Waals surface area contributed by atoms with E-state index in [0.29, 0.717) is 4.88 Å². The standard InChI is InChI=1S/C18H18F3NO3S/c1-4-14-10(2)9-15(26-14)17(24)25-11(3)16(23)22-13-7-5-12(6-8-13)18(19,20)21/h5-9,11H,4H2,1-3H3,(H,22,23)/t11-/m0/s1. The van der Waals surface area contributed by atoms with Gasteiger partial charge in [-0.1, -0.05) is 6.92 Å². The molecular weight excluding hydrogens is 367 g/mol. The minimum Gasteiger partial charge on any atom is -0.448 e. The molecule has 1 heterocycles. The normalized spacial score (nSPS) is 12.5. The maximum absolute atomic E-state index is 12.5. The lowest BCUT2D eigenvalue weighted by Crippen LogP contribution is -2.29. The first-order valence-corrected chi connectivity index (χ1v) is 8.72. The number of hydrogen-bond donors (Lipinski definition) is 1. The quantitative estimate of drug-likeness (QED) is 0.751. The number of amides is 1. The maximum atomic E-state index is 12.5. The summed E-state index contributed by atoms with van der Waals surface area (Å²) in [6.07, 6.45) is -4.73. The van der Waals surface area contributed by atoms with E-state index in [9.17, 15) is 22.8 Å². The summed E-state index contributed by atoms with van der Waals surface area (Å²) in [5, 5.41) is 2.42. The molecule has 2 rings (SSSR count). The van der Waals surface area contributed by atoms with Crippen molar-refractivity contribution in [2.45, 2.75) is 39.5 Å². The van der Waals surface area contributed by atoms with Crippen molar-refractivity contribution >= 4 is 28.9 Å². The van der Waals surface area contributed by atoms with Gasteiger partial charge >= 0.3 is 12.1 Å². The first-order valence-electron chi connectivity index (χ1n) is 7.90. The molecule has 0 saturated carbocycles. The highest BCUT2D eigenvalue weighted by atomic mass is 32.1. The van der Waals surface area contributed by atoms with E-state index in [-0.39, 0.29) is 5.69 Å². The molecule has 1 N–H and O–H groups in total. The Hall–Kier alpha value is -2.35. The number of benzene rings is 1. The third-order valence-electron chi connectivity index (χ3n) is 3.68. The van der Waals surface area contributed by atoms with Crippen molar-refractivity contribution in [3.05, 3.63) is 51.2 Å². The molecule has 2 aromatic rings. The number of carbonyl (C=O) groups excluding carboxylic acids is 2. The molecule has 26 heavy (non-hydrogen) atoms. The summed E-state index contributed by atoms with van der Waals surface area (Å²) in [4.78, 5) is 25.7. The van der Waals surface area contributed by atoms with Crippen LogP contribution in [0.4, 0.5) is 18.9 Å². The van der Waals surface area contributed by atoms with E-state index in [1.54, 1.807) is 6.07 Å². The number of thiophene rings is 1. The lowest BCUT2D eigenvalue weighted by molar-refractivity contribution is -0.137. The molecule has 0 unspecified atom stereocenters. The van der Waals surface area contributed by atoms with Gasteiger partial charge in [0, 0.05) is 10.6 Å². The zero-order valence-corrected chi connectivity index (χ0v) is 15.3. The molecule has 1 aromatic heterocycles. The van der Waals surface area contributed by atoms with E-state index in [0.717, 1.165) is 41.1 Å². The molecule has 0 fully saturated rings. The van der Waals surface area contributed by atoms with Gasteiger partial charge in [-0.3, -0.25) is 4.79 Å². The Kier molecular flexibility index (Phi) is 6.07. The van der Waals surface area contributed by atoms with Gasteiger partial charge in [-0.05, 0) is 56.2 Å². The van der Waals surface area contributed by atoms with Crippen molar-refractivity contribution in [3.63, 3.8) is 0 Å². The fourth-order valence-electron chi connectivity index (χ4n) is 2.23. The van der Waals surface area contributed by atoms with Gasteiger partial charge in [0.25, 0.3) is 5.91 Å². The van der Waals surface area contributed by atoms with Crippen LogP contribution in [0.5, 0.6) is 0 Å². The van der Waals surface area contributed by atoms with Crippen LogP contribution in [-0.4, -0.2) is 18.0 Å². The molecule has 140 valence electrons. The number of hydrogen-bond acceptors (Lipinski definition) is 4. The SMILES string of the molecule is CCc1sc(C(=O)O[C@@H](C)C(=O)Nc2ccc(C(F)(F)F)cc2)cc1C. The summed E-state index contributed by atoms with van der Waals surface area (Å²) in [7, 11) is 0. The van der Waals surface area contributed by atoms with Gasteiger partial charge in [-0.15, -0.1) is 11.3 Å². The molecule has 0 aliphatic heterocycles. The molecule has 8 heteroatoms. The highest BCUT2D eigenvalue weighted by Crippen LogP contribution is 2.30. The molecule has 0 aliphatic rings. The number of ether oxygens (including phenoxy) is 1. The molecule has 1 aromatic carbocycles. The maximum Gasteiger partial charge on any atom is 0.416 e. The molecule has 1 atom stereocenters. The third-order valence-corrected chi connectivity index (χ3v) is 5.04. The van der Waals surface area contributed by atoms with E-state index in [1.165, 1.54) is 18.3 Å². The van der Waals surface area contributed by atoms with Gasteiger partial charge in [0.2, 0.25) is 0 Å². The van der Waals surface area contributed by atoms with E-state index in [2.05, 4.69) is 5.32 Å². The number of aryl methyl sites for hydroxylation is 2. The molecule has 1 amide bonds. The van der Waals surface area contributed by atoms with E-state index < -0.39 is 29.7 Å². The van der Waals surface area contributed by atoms with Crippen LogP contribution in [0.3, 0.4) is 0 Å². The Balaban J connectivity index is 1.97. The molecule has 0 radical (unpaired) electrons. The van der Waals surface area contributed by atoms with Crippen LogP contribution in [0.15, 0.2) is 30.3 Å². The predicted octanol–water partition coefficient (Wildman–Crippen LogP) is 4.82. The van der Waals surface area contributed by atoms with Gasteiger partial charge in [-0.25, -0.2) is 4.79 Å². The largest absolute Gasteiger partial charge is 0.448 e. The molecule has 0 bridgehead atoms. The number of halogens is 3. The van der Waals surface area contributed by atoms with Crippen LogP contribution in [0.2, 0.25) is 0 Å². The topological polar surface area (TPSA) is 55.4 Å². The van der Waals surface area contributed by atoms with E-state index in [1.807, 2.05) is 13.8 Å².